The van der Waals surface area contributed by atoms with Crippen molar-refractivity contribution in [1.29, 1.82) is 0 Å². The van der Waals surface area contributed by atoms with Gasteiger partial charge in [-0.05, 0) is 0 Å². The number of thioether (sulfide) groups is 1. The number of nitrogens with zero attached hydrogens (tertiary/aromatic N) is 2. The van der Waals surface area contributed by atoms with Gasteiger partial charge in [0.15, 0.2) is 5.16 Å². The van der Waals surface area contributed by atoms with Crippen molar-refractivity contribution in [2.75, 3.05) is 5.75 Å². The fraction of sp³-hybridized carbons (Fsp3) is 0.600. The Balaban J connectivity index is 2.80. The van der Waals surface area contributed by atoms with Crippen LogP contribution in [0.15, 0.2) is 14.7 Å². The number of hydrogen-bond donors (Lipinski definition) is 3. The van der Waals surface area contributed by atoms with Gasteiger partial charge >= 0.3 is 11.1 Å². The zero-order chi connectivity index (χ0) is 14.6. The molecule has 19 heavy (non-hydrogen) atoms. The Labute approximate surface area is 113 Å². The minimum Gasteiger partial charge on any atom is -0.368 e. The number of carbonyl (C=O) groups excluding carboxylic acids is 1. The second kappa shape index (κ2) is 6.53. The van der Waals surface area contributed by atoms with Gasteiger partial charge in [-0.1, -0.05) is 25.6 Å². The number of primary amides is 1. The predicted molar refractivity (Wildman–Crippen MR) is 72.1 cm³/mol. The number of nitrogens with one attached hydrogen (secondary N) is 2. The highest BCUT2D eigenvalue weighted by Gasteiger charge is 2.17. The van der Waals surface area contributed by atoms with Crippen LogP contribution in [0.1, 0.15) is 13.8 Å². The lowest BCUT2D eigenvalue weighted by Crippen LogP contribution is -2.46. The topological polar surface area (TPSA) is 123 Å². The summed E-state index contributed by atoms with van der Waals surface area (Å²) in [6.07, 6.45) is 0. The molecule has 0 aliphatic carbocycles. The standard InChI is InChI=1S/C10H17N5O3S/c1-5(2)12-6(7(11)16)4-19-10-13-8(17)9(18)14-15(10)3/h5-6,12H,4H2,1-3H3,(H2,11,16)(H,14,18). The predicted octanol–water partition coefficient (Wildman–Crippen LogP) is -1.59. The van der Waals surface area contributed by atoms with Crippen LogP contribution >= 0.6 is 11.8 Å². The molecule has 0 aromatic carbocycles. The van der Waals surface area contributed by atoms with Gasteiger partial charge in [0.1, 0.15) is 0 Å². The summed E-state index contributed by atoms with van der Waals surface area (Å²) in [5, 5.41) is 5.66. The molecular formula is C10H17N5O3S. The van der Waals surface area contributed by atoms with Crippen molar-refractivity contribution in [1.82, 2.24) is 20.1 Å². The van der Waals surface area contributed by atoms with E-state index >= 15 is 0 Å². The van der Waals surface area contributed by atoms with Crippen molar-refractivity contribution < 1.29 is 4.79 Å². The van der Waals surface area contributed by atoms with Crippen LogP contribution in [0.2, 0.25) is 0 Å². The van der Waals surface area contributed by atoms with Gasteiger partial charge in [0.25, 0.3) is 0 Å². The number of aromatic amines is 1. The molecule has 0 saturated heterocycles. The lowest BCUT2D eigenvalue weighted by Gasteiger charge is -2.17. The van der Waals surface area contributed by atoms with Crippen LogP contribution < -0.4 is 22.2 Å². The van der Waals surface area contributed by atoms with Crippen molar-refractivity contribution in [3.63, 3.8) is 0 Å². The van der Waals surface area contributed by atoms with E-state index in [1.807, 2.05) is 13.8 Å². The van der Waals surface area contributed by atoms with Crippen molar-refractivity contribution >= 4 is 17.7 Å². The Kier molecular flexibility index (Phi) is 5.31. The lowest BCUT2D eigenvalue weighted by atomic mass is 10.3. The van der Waals surface area contributed by atoms with E-state index in [1.165, 1.54) is 16.4 Å². The van der Waals surface area contributed by atoms with Crippen LogP contribution in [0.4, 0.5) is 0 Å². The number of carbonyl (C=O) groups is 1. The number of H-pyrrole nitrogens is 1. The van der Waals surface area contributed by atoms with Gasteiger partial charge in [0.2, 0.25) is 5.91 Å². The third-order valence-electron chi connectivity index (χ3n) is 2.20. The molecule has 1 rings (SSSR count). The fourth-order valence-corrected chi connectivity index (χ4v) is 2.33. The van der Waals surface area contributed by atoms with Crippen LogP contribution in [-0.4, -0.2) is 38.5 Å². The third-order valence-corrected chi connectivity index (χ3v) is 3.33. The summed E-state index contributed by atoms with van der Waals surface area (Å²) >= 11 is 1.17. The molecule has 1 aromatic heterocycles. The first-order chi connectivity index (χ1) is 8.81. The monoisotopic (exact) mass is 287 g/mol. The summed E-state index contributed by atoms with van der Waals surface area (Å²) < 4.78 is 1.34. The van der Waals surface area contributed by atoms with Crippen molar-refractivity contribution in [2.24, 2.45) is 12.8 Å². The molecule has 1 unspecified atom stereocenters. The minimum atomic E-state index is -0.854. The summed E-state index contributed by atoms with van der Waals surface area (Å²) in [7, 11) is 1.56. The van der Waals surface area contributed by atoms with E-state index in [1.54, 1.807) is 7.05 Å². The minimum absolute atomic E-state index is 0.102. The Morgan fingerprint density at radius 1 is 1.53 bits per heavy atom. The van der Waals surface area contributed by atoms with E-state index in [0.29, 0.717) is 10.9 Å². The van der Waals surface area contributed by atoms with E-state index in [9.17, 15) is 14.4 Å². The summed E-state index contributed by atoms with van der Waals surface area (Å²) in [5.74, 6) is -0.157. The Bertz CT molecular complexity index is 565. The smallest absolute Gasteiger partial charge is 0.339 e. The molecule has 0 radical (unpaired) electrons. The SMILES string of the molecule is CC(C)NC(CSc1nc(=O)c(=O)[nH]n1C)C(N)=O. The number of nitrogens with two attached hydrogens (primary N) is 1. The maximum absolute atomic E-state index is 11.3. The highest BCUT2D eigenvalue weighted by atomic mass is 32.2. The molecular weight excluding hydrogens is 270 g/mol. The molecule has 1 amide bonds. The number of hydrogen-bond acceptors (Lipinski definition) is 6. The average molecular weight is 287 g/mol. The summed E-state index contributed by atoms with van der Waals surface area (Å²) in [6.45, 7) is 3.79. The fourth-order valence-electron chi connectivity index (χ4n) is 1.36. The van der Waals surface area contributed by atoms with Crippen LogP contribution in [0.5, 0.6) is 0 Å². The van der Waals surface area contributed by atoms with Crippen molar-refractivity contribution in [3.8, 4) is 0 Å². The molecule has 1 atom stereocenters. The molecule has 0 bridgehead atoms. The molecule has 106 valence electrons. The van der Waals surface area contributed by atoms with Gasteiger partial charge in [-0.25, -0.2) is 0 Å². The van der Waals surface area contributed by atoms with Crippen LogP contribution in [0.25, 0.3) is 0 Å². The summed E-state index contributed by atoms with van der Waals surface area (Å²) in [5.41, 5.74) is 3.65. The molecule has 1 aromatic rings. The van der Waals surface area contributed by atoms with Crippen LogP contribution in [0, 0.1) is 0 Å². The average Bonchev–Trinajstić information content (AvgIpc) is 2.29. The number of amides is 1. The molecule has 0 aliphatic heterocycles. The number of aromatic nitrogens is 3. The maximum atomic E-state index is 11.3. The second-order valence-corrected chi connectivity index (χ2v) is 5.27. The van der Waals surface area contributed by atoms with Crippen molar-refractivity contribution in [3.05, 3.63) is 20.7 Å². The zero-order valence-electron chi connectivity index (χ0n) is 11.0. The van der Waals surface area contributed by atoms with E-state index in [0.717, 1.165) is 0 Å². The third kappa shape index (κ3) is 4.52. The van der Waals surface area contributed by atoms with Gasteiger partial charge in [0, 0.05) is 18.8 Å². The van der Waals surface area contributed by atoms with Gasteiger partial charge in [0.05, 0.1) is 6.04 Å². The van der Waals surface area contributed by atoms with Gasteiger partial charge in [-0.15, -0.1) is 0 Å². The molecule has 0 spiro atoms. The van der Waals surface area contributed by atoms with Gasteiger partial charge < -0.3 is 11.1 Å². The van der Waals surface area contributed by atoms with Gasteiger partial charge in [-0.2, -0.15) is 4.98 Å². The Hall–Kier alpha value is -1.61. The Morgan fingerprint density at radius 2 is 2.16 bits per heavy atom. The molecule has 0 saturated carbocycles. The first-order valence-electron chi connectivity index (χ1n) is 5.66. The molecule has 0 fully saturated rings. The second-order valence-electron chi connectivity index (χ2n) is 4.29. The largest absolute Gasteiger partial charge is 0.368 e. The molecule has 1 heterocycles. The highest BCUT2D eigenvalue weighted by Crippen LogP contribution is 2.12. The van der Waals surface area contributed by atoms with Crippen LogP contribution in [0.3, 0.4) is 0 Å². The number of rotatable bonds is 6. The molecule has 9 heteroatoms. The maximum Gasteiger partial charge on any atom is 0.339 e. The summed E-state index contributed by atoms with van der Waals surface area (Å²) in [6, 6.07) is -0.431. The van der Waals surface area contributed by atoms with E-state index < -0.39 is 23.1 Å². The lowest BCUT2D eigenvalue weighted by molar-refractivity contribution is -0.119. The molecule has 4 N–H and O–H groups in total. The Morgan fingerprint density at radius 3 is 2.68 bits per heavy atom. The molecule has 8 nitrogen and oxygen atoms in total. The van der Waals surface area contributed by atoms with E-state index in [-0.39, 0.29) is 6.04 Å². The number of aryl methyl sites for hydroxylation is 1. The summed E-state index contributed by atoms with van der Waals surface area (Å²) in [4.78, 5) is 37.1. The zero-order valence-corrected chi connectivity index (χ0v) is 11.8. The first-order valence-corrected chi connectivity index (χ1v) is 6.65. The van der Waals surface area contributed by atoms with Crippen LogP contribution in [-0.2, 0) is 11.8 Å². The van der Waals surface area contributed by atoms with Crippen molar-refractivity contribution in [2.45, 2.75) is 31.1 Å². The quantitative estimate of drug-likeness (QED) is 0.428. The van der Waals surface area contributed by atoms with E-state index in [4.69, 9.17) is 5.73 Å². The first kappa shape index (κ1) is 15.4. The van der Waals surface area contributed by atoms with Gasteiger partial charge in [-0.3, -0.25) is 24.2 Å². The molecule has 0 aliphatic rings. The van der Waals surface area contributed by atoms with E-state index in [2.05, 4.69) is 15.4 Å². The normalized spacial score (nSPS) is 12.6. The highest BCUT2D eigenvalue weighted by molar-refractivity contribution is 7.99.